The number of carbonyl (C=O) groups is 1. The van der Waals surface area contributed by atoms with Crippen LogP contribution in [0.2, 0.25) is 0 Å². The maximum Gasteiger partial charge on any atom is 0.241 e. The molecule has 0 spiro atoms. The summed E-state index contributed by atoms with van der Waals surface area (Å²) < 4.78 is 0. The molecule has 0 saturated carbocycles. The third-order valence-electron chi connectivity index (χ3n) is 3.18. The number of rotatable bonds is 4. The number of amides is 1. The Bertz CT molecular complexity index is 375. The second kappa shape index (κ2) is 5.19. The van der Waals surface area contributed by atoms with E-state index in [1.165, 1.54) is 5.56 Å². The molecule has 1 N–H and O–H groups in total. The molecule has 1 fully saturated rings. The van der Waals surface area contributed by atoms with Crippen LogP contribution in [0, 0.1) is 5.92 Å². The van der Waals surface area contributed by atoms with Gasteiger partial charge in [0.2, 0.25) is 5.91 Å². The summed E-state index contributed by atoms with van der Waals surface area (Å²) in [6, 6.07) is 2.03. The summed E-state index contributed by atoms with van der Waals surface area (Å²) >= 11 is 1.68. The van der Waals surface area contributed by atoms with Gasteiger partial charge >= 0.3 is 0 Å². The Morgan fingerprint density at radius 3 is 2.88 bits per heavy atom. The maximum atomic E-state index is 12.1. The van der Waals surface area contributed by atoms with Gasteiger partial charge in [-0.2, -0.15) is 11.3 Å². The van der Waals surface area contributed by atoms with Gasteiger partial charge < -0.3 is 4.90 Å². The van der Waals surface area contributed by atoms with Crippen molar-refractivity contribution in [3.8, 4) is 0 Å². The largest absolute Gasteiger partial charge is 0.322 e. The van der Waals surface area contributed by atoms with Gasteiger partial charge in [-0.25, -0.2) is 0 Å². The molecule has 1 aromatic rings. The monoisotopic (exact) mass is 252 g/mol. The highest BCUT2D eigenvalue weighted by Crippen LogP contribution is 2.27. The van der Waals surface area contributed by atoms with Gasteiger partial charge in [-0.1, -0.05) is 13.8 Å². The minimum Gasteiger partial charge on any atom is -0.322 e. The lowest BCUT2D eigenvalue weighted by atomic mass is 10.1. The van der Waals surface area contributed by atoms with E-state index in [9.17, 15) is 4.79 Å². The third kappa shape index (κ3) is 2.69. The number of carbonyl (C=O) groups excluding carboxylic acids is 1. The van der Waals surface area contributed by atoms with Crippen LogP contribution < -0.4 is 5.32 Å². The highest BCUT2D eigenvalue weighted by atomic mass is 32.1. The number of thiophene rings is 1. The fourth-order valence-corrected chi connectivity index (χ4v) is 2.80. The molecule has 0 aliphatic carbocycles. The Hall–Kier alpha value is -0.870. The van der Waals surface area contributed by atoms with Crippen LogP contribution in [0.4, 0.5) is 0 Å². The van der Waals surface area contributed by atoms with Crippen molar-refractivity contribution < 1.29 is 4.79 Å². The van der Waals surface area contributed by atoms with Gasteiger partial charge in [-0.15, -0.1) is 0 Å². The Kier molecular flexibility index (Phi) is 3.84. The van der Waals surface area contributed by atoms with Gasteiger partial charge in [0.05, 0.1) is 6.04 Å². The van der Waals surface area contributed by atoms with Crippen LogP contribution in [-0.2, 0) is 4.79 Å². The van der Waals surface area contributed by atoms with E-state index in [1.54, 1.807) is 11.3 Å². The standard InChI is InChI=1S/C13H20N2OS/c1-9(2)4-6-15-12(11-5-7-17-8-11)14-10(3)13(15)16/h5,7-10,12,14H,4,6H2,1-3H3. The lowest BCUT2D eigenvalue weighted by molar-refractivity contribution is -0.130. The van der Waals surface area contributed by atoms with Crippen molar-refractivity contribution in [2.75, 3.05) is 6.54 Å². The van der Waals surface area contributed by atoms with Crippen LogP contribution >= 0.6 is 11.3 Å². The molecule has 1 aliphatic rings. The zero-order valence-corrected chi connectivity index (χ0v) is 11.5. The molecule has 2 heterocycles. The summed E-state index contributed by atoms with van der Waals surface area (Å²) in [6.45, 7) is 7.17. The number of hydrogen-bond acceptors (Lipinski definition) is 3. The van der Waals surface area contributed by atoms with Crippen molar-refractivity contribution in [3.05, 3.63) is 22.4 Å². The van der Waals surface area contributed by atoms with Gasteiger partial charge in [0, 0.05) is 6.54 Å². The SMILES string of the molecule is CC(C)CCN1C(=O)C(C)NC1c1ccsc1. The fraction of sp³-hybridized carbons (Fsp3) is 0.615. The minimum absolute atomic E-state index is 0.0629. The first-order valence-electron chi connectivity index (χ1n) is 6.18. The topological polar surface area (TPSA) is 32.3 Å². The first-order valence-corrected chi connectivity index (χ1v) is 7.12. The normalized spacial score (nSPS) is 24.9. The summed E-state index contributed by atoms with van der Waals surface area (Å²) in [6.07, 6.45) is 1.13. The summed E-state index contributed by atoms with van der Waals surface area (Å²) in [5.74, 6) is 0.851. The van der Waals surface area contributed by atoms with E-state index in [0.717, 1.165) is 13.0 Å². The summed E-state index contributed by atoms with van der Waals surface area (Å²) in [7, 11) is 0. The molecule has 0 radical (unpaired) electrons. The lowest BCUT2D eigenvalue weighted by Gasteiger charge is -2.24. The molecule has 4 heteroatoms. The van der Waals surface area contributed by atoms with E-state index in [-0.39, 0.29) is 18.1 Å². The first-order chi connectivity index (χ1) is 8.09. The molecule has 2 atom stereocenters. The van der Waals surface area contributed by atoms with Crippen molar-refractivity contribution >= 4 is 17.2 Å². The molecule has 0 bridgehead atoms. The van der Waals surface area contributed by atoms with Crippen molar-refractivity contribution in [1.29, 1.82) is 0 Å². The number of hydrogen-bond donors (Lipinski definition) is 1. The van der Waals surface area contributed by atoms with Gasteiger partial charge in [-0.05, 0) is 41.7 Å². The molecular formula is C13H20N2OS. The molecule has 94 valence electrons. The zero-order valence-electron chi connectivity index (χ0n) is 10.6. The molecule has 1 aromatic heterocycles. The molecular weight excluding hydrogens is 232 g/mol. The Morgan fingerprint density at radius 2 is 2.29 bits per heavy atom. The molecule has 0 aromatic carbocycles. The Morgan fingerprint density at radius 1 is 1.53 bits per heavy atom. The van der Waals surface area contributed by atoms with Gasteiger partial charge in [-0.3, -0.25) is 10.1 Å². The Labute approximate surface area is 107 Å². The van der Waals surface area contributed by atoms with E-state index in [0.29, 0.717) is 5.92 Å². The van der Waals surface area contributed by atoms with Crippen molar-refractivity contribution in [3.63, 3.8) is 0 Å². The maximum absolute atomic E-state index is 12.1. The van der Waals surface area contributed by atoms with Gasteiger partial charge in [0.15, 0.2) is 0 Å². The van der Waals surface area contributed by atoms with E-state index in [1.807, 2.05) is 11.8 Å². The van der Waals surface area contributed by atoms with Gasteiger partial charge in [0.25, 0.3) is 0 Å². The number of nitrogens with zero attached hydrogens (tertiary/aromatic N) is 1. The second-order valence-electron chi connectivity index (χ2n) is 5.06. The molecule has 17 heavy (non-hydrogen) atoms. The van der Waals surface area contributed by atoms with Crippen molar-refractivity contribution in [1.82, 2.24) is 10.2 Å². The number of nitrogens with one attached hydrogen (secondary N) is 1. The molecule has 1 amide bonds. The molecule has 1 aliphatic heterocycles. The summed E-state index contributed by atoms with van der Waals surface area (Å²) in [4.78, 5) is 14.1. The molecule has 2 unspecified atom stereocenters. The predicted octanol–water partition coefficient (Wildman–Crippen LogP) is 2.61. The minimum atomic E-state index is -0.0629. The van der Waals surface area contributed by atoms with E-state index in [2.05, 4.69) is 36.0 Å². The average Bonchev–Trinajstić information content (AvgIpc) is 2.87. The molecule has 2 rings (SSSR count). The lowest BCUT2D eigenvalue weighted by Crippen LogP contribution is -2.32. The van der Waals surface area contributed by atoms with Crippen LogP contribution in [0.1, 0.15) is 38.9 Å². The predicted molar refractivity (Wildman–Crippen MR) is 70.8 cm³/mol. The average molecular weight is 252 g/mol. The smallest absolute Gasteiger partial charge is 0.241 e. The summed E-state index contributed by atoms with van der Waals surface area (Å²) in [5.41, 5.74) is 1.21. The molecule has 3 nitrogen and oxygen atoms in total. The van der Waals surface area contributed by atoms with Crippen LogP contribution in [0.15, 0.2) is 16.8 Å². The fourth-order valence-electron chi connectivity index (χ4n) is 2.12. The van der Waals surface area contributed by atoms with E-state index >= 15 is 0 Å². The Balaban J connectivity index is 2.11. The quantitative estimate of drug-likeness (QED) is 0.893. The van der Waals surface area contributed by atoms with Crippen LogP contribution in [0.3, 0.4) is 0 Å². The second-order valence-corrected chi connectivity index (χ2v) is 5.84. The van der Waals surface area contributed by atoms with Crippen LogP contribution in [-0.4, -0.2) is 23.4 Å². The van der Waals surface area contributed by atoms with Crippen molar-refractivity contribution in [2.24, 2.45) is 5.92 Å². The van der Waals surface area contributed by atoms with Gasteiger partial charge in [0.1, 0.15) is 6.17 Å². The third-order valence-corrected chi connectivity index (χ3v) is 3.88. The van der Waals surface area contributed by atoms with Crippen LogP contribution in [0.5, 0.6) is 0 Å². The highest BCUT2D eigenvalue weighted by Gasteiger charge is 2.36. The highest BCUT2D eigenvalue weighted by molar-refractivity contribution is 7.07. The van der Waals surface area contributed by atoms with Crippen LogP contribution in [0.25, 0.3) is 0 Å². The molecule has 1 saturated heterocycles. The summed E-state index contributed by atoms with van der Waals surface area (Å²) in [5, 5.41) is 7.54. The first kappa shape index (κ1) is 12.6. The van der Waals surface area contributed by atoms with E-state index < -0.39 is 0 Å². The van der Waals surface area contributed by atoms with E-state index in [4.69, 9.17) is 0 Å². The van der Waals surface area contributed by atoms with Crippen molar-refractivity contribution in [2.45, 2.75) is 39.4 Å². The zero-order chi connectivity index (χ0) is 12.4.